The summed E-state index contributed by atoms with van der Waals surface area (Å²) in [5.41, 5.74) is 2.54. The lowest BCUT2D eigenvalue weighted by Crippen LogP contribution is -2.43. The number of fused-ring (bicyclic) bond motifs is 1. The maximum absolute atomic E-state index is 13.0. The van der Waals surface area contributed by atoms with Crippen molar-refractivity contribution in [1.82, 2.24) is 0 Å². The van der Waals surface area contributed by atoms with Crippen LogP contribution in [0.25, 0.3) is 22.1 Å². The van der Waals surface area contributed by atoms with Gasteiger partial charge in [0.25, 0.3) is 0 Å². The van der Waals surface area contributed by atoms with E-state index in [0.29, 0.717) is 23.3 Å². The Hall–Kier alpha value is -3.28. The van der Waals surface area contributed by atoms with Gasteiger partial charge in [0.1, 0.15) is 16.9 Å². The highest BCUT2D eigenvalue weighted by Gasteiger charge is 2.33. The minimum absolute atomic E-state index is 0.364. The van der Waals surface area contributed by atoms with Crippen molar-refractivity contribution in [2.24, 2.45) is 0 Å². The summed E-state index contributed by atoms with van der Waals surface area (Å²) in [7, 11) is 1.92. The van der Waals surface area contributed by atoms with Crippen LogP contribution in [-0.2, 0) is 22.4 Å². The van der Waals surface area contributed by atoms with Crippen LogP contribution < -0.4 is 10.4 Å². The van der Waals surface area contributed by atoms with Crippen molar-refractivity contribution in [3.63, 3.8) is 0 Å². The highest BCUT2D eigenvalue weighted by molar-refractivity contribution is 6.14. The van der Waals surface area contributed by atoms with Crippen molar-refractivity contribution in [3.05, 3.63) is 76.7 Å². The van der Waals surface area contributed by atoms with Crippen LogP contribution in [-0.4, -0.2) is 24.9 Å². The maximum atomic E-state index is 13.0. The van der Waals surface area contributed by atoms with E-state index in [-0.39, 0.29) is 5.63 Å². The first-order chi connectivity index (χ1) is 16.0. The van der Waals surface area contributed by atoms with Gasteiger partial charge in [0.15, 0.2) is 7.85 Å². The monoisotopic (exact) mass is 460 g/mol. The number of hydrogen-bond acceptors (Lipinski definition) is 5. The van der Waals surface area contributed by atoms with Crippen LogP contribution in [0, 0.1) is 0 Å². The van der Waals surface area contributed by atoms with E-state index >= 15 is 0 Å². The molecule has 0 radical (unpaired) electrons. The van der Waals surface area contributed by atoms with E-state index in [9.17, 15) is 9.59 Å². The summed E-state index contributed by atoms with van der Waals surface area (Å²) in [4.78, 5) is 24.7. The summed E-state index contributed by atoms with van der Waals surface area (Å²) >= 11 is 0. The Bertz CT molecular complexity index is 1250. The SMILES string of the molecule is BC(C)(CC(C)(C)OC(=O)C=C)Oc1ccc2cc(-c3c(CC)cccc3CC)c(=O)oc2c1. The van der Waals surface area contributed by atoms with E-state index < -0.39 is 17.1 Å². The third-order valence-electron chi connectivity index (χ3n) is 5.76. The van der Waals surface area contributed by atoms with Gasteiger partial charge in [-0.3, -0.25) is 0 Å². The predicted molar refractivity (Wildman–Crippen MR) is 139 cm³/mol. The summed E-state index contributed by atoms with van der Waals surface area (Å²) in [6.45, 7) is 13.2. The molecule has 0 bridgehead atoms. The molecule has 0 N–H and O–H groups in total. The number of hydrogen-bond donors (Lipinski definition) is 0. The normalized spacial score (nSPS) is 13.3. The Morgan fingerprint density at radius 1 is 1.09 bits per heavy atom. The Morgan fingerprint density at radius 3 is 2.32 bits per heavy atom. The molecule has 34 heavy (non-hydrogen) atoms. The number of rotatable bonds is 9. The minimum Gasteiger partial charge on any atom is -0.497 e. The second kappa shape index (κ2) is 9.92. The first-order valence-electron chi connectivity index (χ1n) is 11.7. The lowest BCUT2D eigenvalue weighted by molar-refractivity contribution is -0.152. The van der Waals surface area contributed by atoms with Gasteiger partial charge in [0.05, 0.1) is 11.1 Å². The lowest BCUT2D eigenvalue weighted by Gasteiger charge is -2.35. The van der Waals surface area contributed by atoms with Crippen LogP contribution in [0.15, 0.2) is 64.3 Å². The summed E-state index contributed by atoms with van der Waals surface area (Å²) < 4.78 is 17.4. The minimum atomic E-state index is -0.739. The van der Waals surface area contributed by atoms with E-state index in [4.69, 9.17) is 13.9 Å². The fourth-order valence-corrected chi connectivity index (χ4v) is 4.65. The van der Waals surface area contributed by atoms with Crippen molar-refractivity contribution < 1.29 is 18.7 Å². The average Bonchev–Trinajstić information content (AvgIpc) is 2.76. The summed E-state index contributed by atoms with van der Waals surface area (Å²) in [5, 5.41) is 0.827. The molecule has 0 amide bonds. The average molecular weight is 460 g/mol. The second-order valence-corrected chi connectivity index (χ2v) is 9.73. The summed E-state index contributed by atoms with van der Waals surface area (Å²) in [6, 6.07) is 13.6. The van der Waals surface area contributed by atoms with Crippen LogP contribution in [0.2, 0.25) is 0 Å². The standard InChI is InChI=1S/C28H33BO5/c1-7-18-11-10-12-19(8-2)25(18)22-15-20-13-14-21(16-23(20)32-26(22)31)33-28(6,29)17-27(4,5)34-24(30)9-3/h9-16H,3,7-8,17,29H2,1-2,4-6H3. The molecule has 0 aliphatic carbocycles. The van der Waals surface area contributed by atoms with Crippen molar-refractivity contribution in [2.45, 2.75) is 65.0 Å². The topological polar surface area (TPSA) is 65.7 Å². The van der Waals surface area contributed by atoms with E-state index in [1.54, 1.807) is 6.07 Å². The molecule has 178 valence electrons. The molecular formula is C28H33BO5. The van der Waals surface area contributed by atoms with Crippen LogP contribution in [0.5, 0.6) is 5.75 Å². The molecule has 0 aliphatic heterocycles. The Labute approximate surface area is 202 Å². The van der Waals surface area contributed by atoms with Gasteiger partial charge in [-0.25, -0.2) is 9.59 Å². The Kier molecular flexibility index (Phi) is 7.40. The highest BCUT2D eigenvalue weighted by atomic mass is 16.6. The Balaban J connectivity index is 1.93. The molecular weight excluding hydrogens is 427 g/mol. The van der Waals surface area contributed by atoms with Gasteiger partial charge in [0, 0.05) is 23.9 Å². The molecule has 0 spiro atoms. The molecule has 0 aliphatic rings. The van der Waals surface area contributed by atoms with E-state index in [0.717, 1.165) is 41.0 Å². The largest absolute Gasteiger partial charge is 0.497 e. The molecule has 3 aromatic rings. The second-order valence-electron chi connectivity index (χ2n) is 9.73. The van der Waals surface area contributed by atoms with Gasteiger partial charge in [0.2, 0.25) is 0 Å². The van der Waals surface area contributed by atoms with Gasteiger partial charge < -0.3 is 13.9 Å². The van der Waals surface area contributed by atoms with Crippen molar-refractivity contribution in [3.8, 4) is 16.9 Å². The maximum Gasteiger partial charge on any atom is 0.344 e. The zero-order chi connectivity index (χ0) is 25.1. The molecule has 2 aromatic carbocycles. The van der Waals surface area contributed by atoms with E-state index in [1.807, 2.05) is 52.9 Å². The molecule has 6 heteroatoms. The summed E-state index contributed by atoms with van der Waals surface area (Å²) in [6.07, 6.45) is 3.27. The highest BCUT2D eigenvalue weighted by Crippen LogP contribution is 2.32. The Morgan fingerprint density at radius 2 is 1.74 bits per heavy atom. The number of benzene rings is 2. The number of ether oxygens (including phenoxy) is 2. The van der Waals surface area contributed by atoms with Gasteiger partial charge in [-0.2, -0.15) is 0 Å². The quantitative estimate of drug-likeness (QED) is 0.190. The first kappa shape index (κ1) is 25.3. The molecule has 5 nitrogen and oxygen atoms in total. The molecule has 1 aromatic heterocycles. The molecule has 1 atom stereocenters. The van der Waals surface area contributed by atoms with Gasteiger partial charge >= 0.3 is 11.6 Å². The first-order valence-corrected chi connectivity index (χ1v) is 11.7. The van der Waals surface area contributed by atoms with Crippen LogP contribution >= 0.6 is 0 Å². The molecule has 3 rings (SSSR count). The lowest BCUT2D eigenvalue weighted by atomic mass is 9.75. The number of esters is 1. The fraction of sp³-hybridized carbons (Fsp3) is 0.357. The third kappa shape index (κ3) is 5.80. The van der Waals surface area contributed by atoms with Crippen molar-refractivity contribution in [2.75, 3.05) is 0 Å². The number of carbonyl (C=O) groups excluding carboxylic acids is 1. The van der Waals surface area contributed by atoms with E-state index in [1.165, 1.54) is 0 Å². The van der Waals surface area contributed by atoms with Gasteiger partial charge in [-0.1, -0.05) is 38.6 Å². The smallest absolute Gasteiger partial charge is 0.344 e. The number of aryl methyl sites for hydroxylation is 2. The van der Waals surface area contributed by atoms with Crippen LogP contribution in [0.4, 0.5) is 0 Å². The third-order valence-corrected chi connectivity index (χ3v) is 5.76. The summed E-state index contributed by atoms with van der Waals surface area (Å²) in [5.74, 6) is 0.0995. The predicted octanol–water partition coefficient (Wildman–Crippen LogP) is 5.21. The van der Waals surface area contributed by atoms with Gasteiger partial charge in [-0.05, 0) is 68.5 Å². The fourth-order valence-electron chi connectivity index (χ4n) is 4.65. The van der Waals surface area contributed by atoms with Crippen molar-refractivity contribution >= 4 is 24.8 Å². The van der Waals surface area contributed by atoms with Crippen LogP contribution in [0.3, 0.4) is 0 Å². The molecule has 0 saturated carbocycles. The molecule has 1 unspecified atom stereocenters. The van der Waals surface area contributed by atoms with Crippen molar-refractivity contribution in [1.29, 1.82) is 0 Å². The number of carbonyl (C=O) groups is 1. The van der Waals surface area contributed by atoms with Gasteiger partial charge in [-0.15, -0.1) is 0 Å². The zero-order valence-electron chi connectivity index (χ0n) is 21.0. The molecule has 1 heterocycles. The molecule has 0 saturated heterocycles. The van der Waals surface area contributed by atoms with E-state index in [2.05, 4.69) is 32.6 Å². The van der Waals surface area contributed by atoms with Crippen LogP contribution in [0.1, 0.15) is 52.2 Å². The zero-order valence-corrected chi connectivity index (χ0v) is 21.0. The molecule has 0 fully saturated rings.